The molecule has 0 spiro atoms. The van der Waals surface area contributed by atoms with Crippen LogP contribution in [0, 0.1) is 5.92 Å². The van der Waals surface area contributed by atoms with Crippen LogP contribution in [0.15, 0.2) is 59.4 Å². The minimum absolute atomic E-state index is 0.00490. The van der Waals surface area contributed by atoms with Crippen molar-refractivity contribution in [3.63, 3.8) is 0 Å². The highest BCUT2D eigenvalue weighted by atomic mass is 35.5. The summed E-state index contributed by atoms with van der Waals surface area (Å²) in [7, 11) is 4.48. The molecule has 0 amide bonds. The van der Waals surface area contributed by atoms with E-state index in [2.05, 4.69) is 5.32 Å². The molecule has 0 bridgehead atoms. The normalized spacial score (nSPS) is 21.9. The number of ether oxygens (including phenoxy) is 3. The Balaban J connectivity index is 1.83. The molecule has 0 aromatic heterocycles. The lowest BCUT2D eigenvalue weighted by Gasteiger charge is -2.39. The Morgan fingerprint density at radius 1 is 1.00 bits per heavy atom. The second kappa shape index (κ2) is 9.72. The lowest BCUT2D eigenvalue weighted by atomic mass is 9.68. The van der Waals surface area contributed by atoms with Crippen LogP contribution in [0.5, 0.6) is 11.5 Å². The Bertz CT molecular complexity index is 1220. The van der Waals surface area contributed by atoms with Gasteiger partial charge in [0.25, 0.3) is 0 Å². The fourth-order valence-corrected chi connectivity index (χ4v) is 5.37. The fourth-order valence-electron chi connectivity index (χ4n) is 4.84. The predicted molar refractivity (Wildman–Crippen MR) is 131 cm³/mol. The molecule has 34 heavy (non-hydrogen) atoms. The van der Waals surface area contributed by atoms with Crippen LogP contribution in [0.25, 0.3) is 0 Å². The SMILES string of the molecule is COC(=O)C1=C(C)NC2=CC(c3ccc(OC)c(OC)c3)CC(=O)C2C1c1ccc(Cl)cc1Cl. The minimum Gasteiger partial charge on any atom is -0.493 e. The van der Waals surface area contributed by atoms with Crippen LogP contribution >= 0.6 is 23.2 Å². The van der Waals surface area contributed by atoms with Gasteiger partial charge in [0.15, 0.2) is 11.5 Å². The molecule has 8 heteroatoms. The smallest absolute Gasteiger partial charge is 0.336 e. The van der Waals surface area contributed by atoms with Crippen molar-refractivity contribution in [1.29, 1.82) is 0 Å². The second-order valence-corrected chi connectivity index (χ2v) is 9.13. The molecular weight excluding hydrogens is 477 g/mol. The zero-order chi connectivity index (χ0) is 24.6. The van der Waals surface area contributed by atoms with Crippen LogP contribution in [0.2, 0.25) is 10.0 Å². The van der Waals surface area contributed by atoms with E-state index in [0.29, 0.717) is 38.4 Å². The summed E-state index contributed by atoms with van der Waals surface area (Å²) in [5, 5.41) is 4.16. The van der Waals surface area contributed by atoms with Crippen LogP contribution in [-0.4, -0.2) is 33.1 Å². The van der Waals surface area contributed by atoms with Gasteiger partial charge in [0.05, 0.1) is 32.8 Å². The average molecular weight is 502 g/mol. The topological polar surface area (TPSA) is 73.9 Å². The molecule has 0 saturated heterocycles. The van der Waals surface area contributed by atoms with Gasteiger partial charge in [-0.3, -0.25) is 4.79 Å². The van der Waals surface area contributed by atoms with Crippen LogP contribution in [0.4, 0.5) is 0 Å². The van der Waals surface area contributed by atoms with Crippen molar-refractivity contribution < 1.29 is 23.8 Å². The molecule has 2 aliphatic rings. The number of halogens is 2. The van der Waals surface area contributed by atoms with Gasteiger partial charge in [-0.25, -0.2) is 4.79 Å². The van der Waals surface area contributed by atoms with Crippen molar-refractivity contribution in [2.24, 2.45) is 5.92 Å². The number of hydrogen-bond donors (Lipinski definition) is 1. The fraction of sp³-hybridized carbons (Fsp3) is 0.308. The van der Waals surface area contributed by atoms with E-state index in [9.17, 15) is 9.59 Å². The summed E-state index contributed by atoms with van der Waals surface area (Å²) in [6.07, 6.45) is 2.31. The quantitative estimate of drug-likeness (QED) is 0.552. The van der Waals surface area contributed by atoms with Crippen molar-refractivity contribution in [2.75, 3.05) is 21.3 Å². The first-order chi connectivity index (χ1) is 16.3. The van der Waals surface area contributed by atoms with Gasteiger partial charge in [-0.05, 0) is 42.3 Å². The number of rotatable bonds is 5. The number of Topliss-reactive ketones (excluding diaryl/α,β-unsaturated/α-hetero) is 1. The van der Waals surface area contributed by atoms with Crippen LogP contribution in [0.1, 0.15) is 36.3 Å². The first kappa shape index (κ1) is 24.2. The Morgan fingerprint density at radius 2 is 1.74 bits per heavy atom. The molecule has 3 atom stereocenters. The number of hydrogen-bond acceptors (Lipinski definition) is 6. The maximum Gasteiger partial charge on any atom is 0.336 e. The van der Waals surface area contributed by atoms with Gasteiger partial charge in [-0.2, -0.15) is 0 Å². The number of allylic oxidation sites excluding steroid dienone is 3. The van der Waals surface area contributed by atoms with Crippen molar-refractivity contribution >= 4 is 35.0 Å². The summed E-state index contributed by atoms with van der Waals surface area (Å²) in [5.74, 6) is -0.658. The highest BCUT2D eigenvalue weighted by Gasteiger charge is 2.45. The van der Waals surface area contributed by atoms with E-state index in [0.717, 1.165) is 11.3 Å². The Hall–Kier alpha value is -2.96. The van der Waals surface area contributed by atoms with E-state index in [-0.39, 0.29) is 18.1 Å². The Morgan fingerprint density at radius 3 is 2.38 bits per heavy atom. The highest BCUT2D eigenvalue weighted by Crippen LogP contribution is 2.48. The number of carbonyl (C=O) groups excluding carboxylic acids is 2. The molecule has 2 aromatic carbocycles. The summed E-state index contributed by atoms with van der Waals surface area (Å²) >= 11 is 12.7. The maximum atomic E-state index is 13.6. The van der Waals surface area contributed by atoms with Gasteiger partial charge >= 0.3 is 5.97 Å². The number of nitrogens with one attached hydrogen (secondary N) is 1. The molecule has 0 radical (unpaired) electrons. The maximum absolute atomic E-state index is 13.6. The molecule has 2 aromatic rings. The Kier molecular flexibility index (Phi) is 6.91. The summed E-state index contributed by atoms with van der Waals surface area (Å²) in [4.78, 5) is 26.4. The third kappa shape index (κ3) is 4.28. The predicted octanol–water partition coefficient (Wildman–Crippen LogP) is 5.40. The van der Waals surface area contributed by atoms with Crippen LogP contribution in [-0.2, 0) is 14.3 Å². The molecule has 0 saturated carbocycles. The summed E-state index contributed by atoms with van der Waals surface area (Å²) in [6.45, 7) is 1.80. The van der Waals surface area contributed by atoms with Crippen molar-refractivity contribution in [3.8, 4) is 11.5 Å². The van der Waals surface area contributed by atoms with Crippen LogP contribution in [0.3, 0.4) is 0 Å². The molecule has 1 aliphatic heterocycles. The molecule has 6 nitrogen and oxygen atoms in total. The van der Waals surface area contributed by atoms with Crippen LogP contribution < -0.4 is 14.8 Å². The number of methoxy groups -OCH3 is 3. The van der Waals surface area contributed by atoms with E-state index < -0.39 is 17.8 Å². The minimum atomic E-state index is -0.604. The molecule has 4 rings (SSSR count). The van der Waals surface area contributed by atoms with Gasteiger partial charge in [0, 0.05) is 39.7 Å². The molecular formula is C26H25Cl2NO5. The lowest BCUT2D eigenvalue weighted by Crippen LogP contribution is -2.41. The lowest BCUT2D eigenvalue weighted by molar-refractivity contribution is -0.136. The first-order valence-electron chi connectivity index (χ1n) is 10.8. The molecule has 1 N–H and O–H groups in total. The van der Waals surface area contributed by atoms with Crippen molar-refractivity contribution in [1.82, 2.24) is 5.32 Å². The van der Waals surface area contributed by atoms with E-state index in [1.165, 1.54) is 7.11 Å². The standard InChI is InChI=1S/C26H25Cl2NO5/c1-13-23(26(31)34-4)24(17-7-6-16(27)12-18(17)28)25-19(29-13)9-15(10-20(25)30)14-5-8-21(32-2)22(11-14)33-3/h5-9,11-12,15,24-25,29H,10H2,1-4H3. The molecule has 0 fully saturated rings. The summed E-state index contributed by atoms with van der Waals surface area (Å²) in [5.41, 5.74) is 3.32. The molecule has 3 unspecified atom stereocenters. The van der Waals surface area contributed by atoms with E-state index in [1.54, 1.807) is 39.3 Å². The third-order valence-corrected chi connectivity index (χ3v) is 6.97. The van der Waals surface area contributed by atoms with Gasteiger partial charge in [0.2, 0.25) is 0 Å². The van der Waals surface area contributed by atoms with Crippen molar-refractivity contribution in [2.45, 2.75) is 25.2 Å². The van der Waals surface area contributed by atoms with Gasteiger partial charge in [-0.1, -0.05) is 41.4 Å². The first-order valence-corrected chi connectivity index (χ1v) is 11.5. The van der Waals surface area contributed by atoms with Gasteiger partial charge in [0.1, 0.15) is 5.78 Å². The van der Waals surface area contributed by atoms with E-state index in [4.69, 9.17) is 37.4 Å². The number of carbonyl (C=O) groups is 2. The third-order valence-electron chi connectivity index (χ3n) is 6.40. The zero-order valence-electron chi connectivity index (χ0n) is 19.3. The molecule has 1 aliphatic carbocycles. The van der Waals surface area contributed by atoms with Gasteiger partial charge in [-0.15, -0.1) is 0 Å². The molecule has 178 valence electrons. The number of ketones is 1. The number of fused-ring (bicyclic) bond motifs is 1. The van der Waals surface area contributed by atoms with Gasteiger partial charge < -0.3 is 19.5 Å². The Labute approximate surface area is 208 Å². The van der Waals surface area contributed by atoms with E-state index in [1.807, 2.05) is 24.3 Å². The highest BCUT2D eigenvalue weighted by molar-refractivity contribution is 6.35. The summed E-state index contributed by atoms with van der Waals surface area (Å²) in [6, 6.07) is 10.7. The average Bonchev–Trinajstić information content (AvgIpc) is 2.82. The monoisotopic (exact) mass is 501 g/mol. The largest absolute Gasteiger partial charge is 0.493 e. The second-order valence-electron chi connectivity index (χ2n) is 8.29. The summed E-state index contributed by atoms with van der Waals surface area (Å²) < 4.78 is 15.8. The number of benzene rings is 2. The number of esters is 1. The van der Waals surface area contributed by atoms with Crippen molar-refractivity contribution in [3.05, 3.63) is 80.6 Å². The molecule has 1 heterocycles. The zero-order valence-corrected chi connectivity index (χ0v) is 20.8. The van der Waals surface area contributed by atoms with E-state index >= 15 is 0 Å².